The highest BCUT2D eigenvalue weighted by Gasteiger charge is 2.37. The standard InChI is InChI=1S/C27H30N2O4S2/c1-20-7-11-23(12-8-20)35(31,32)28(17-21-9-10-21)18-27(30)29-15-13-26-24(14-16-34-26)25(29)19-33-22-5-3-2-4-6-22/h2-8,11-12,14,16,21,25H,9-10,13,15,17-19H2,1H3/t25-/m0/s1. The second-order valence-electron chi connectivity index (χ2n) is 9.33. The van der Waals surface area contributed by atoms with Gasteiger partial charge in [-0.15, -0.1) is 11.3 Å². The highest BCUT2D eigenvalue weighted by molar-refractivity contribution is 7.89. The summed E-state index contributed by atoms with van der Waals surface area (Å²) in [6, 6.07) is 18.2. The van der Waals surface area contributed by atoms with Gasteiger partial charge >= 0.3 is 0 Å². The van der Waals surface area contributed by atoms with Crippen LogP contribution in [0.4, 0.5) is 0 Å². The number of hydrogen-bond donors (Lipinski definition) is 0. The van der Waals surface area contributed by atoms with E-state index in [4.69, 9.17) is 4.74 Å². The van der Waals surface area contributed by atoms with Gasteiger partial charge in [0.1, 0.15) is 12.4 Å². The lowest BCUT2D eigenvalue weighted by Gasteiger charge is -2.37. The number of nitrogens with zero attached hydrogens (tertiary/aromatic N) is 2. The lowest BCUT2D eigenvalue weighted by Crippen LogP contribution is -2.48. The maximum absolute atomic E-state index is 13.7. The molecule has 0 saturated heterocycles. The molecule has 0 bridgehead atoms. The third-order valence-electron chi connectivity index (χ3n) is 6.70. The molecule has 1 aliphatic carbocycles. The van der Waals surface area contributed by atoms with E-state index in [9.17, 15) is 13.2 Å². The van der Waals surface area contributed by atoms with Crippen molar-refractivity contribution in [2.75, 3.05) is 26.2 Å². The predicted molar refractivity (Wildman–Crippen MR) is 137 cm³/mol. The number of fused-ring (bicyclic) bond motifs is 1. The fourth-order valence-corrected chi connectivity index (χ4v) is 6.90. The summed E-state index contributed by atoms with van der Waals surface area (Å²) >= 11 is 1.70. The number of hydrogen-bond acceptors (Lipinski definition) is 5. The second kappa shape index (κ2) is 10.1. The van der Waals surface area contributed by atoms with Crippen LogP contribution >= 0.6 is 11.3 Å². The van der Waals surface area contributed by atoms with Crippen LogP contribution in [0.15, 0.2) is 70.9 Å². The average molecular weight is 511 g/mol. The summed E-state index contributed by atoms with van der Waals surface area (Å²) in [6.07, 6.45) is 2.78. The van der Waals surface area contributed by atoms with Crippen molar-refractivity contribution in [3.05, 3.63) is 82.0 Å². The molecule has 5 rings (SSSR count). The van der Waals surface area contributed by atoms with Gasteiger partial charge in [0.05, 0.1) is 17.5 Å². The smallest absolute Gasteiger partial charge is 0.243 e. The minimum atomic E-state index is -3.77. The zero-order valence-electron chi connectivity index (χ0n) is 19.8. The molecule has 184 valence electrons. The van der Waals surface area contributed by atoms with Crippen LogP contribution in [0.3, 0.4) is 0 Å². The molecule has 0 radical (unpaired) electrons. The molecule has 2 aliphatic rings. The van der Waals surface area contributed by atoms with Crippen LogP contribution in [0.1, 0.15) is 34.9 Å². The monoisotopic (exact) mass is 510 g/mol. The van der Waals surface area contributed by atoms with Gasteiger partial charge in [-0.05, 0) is 73.4 Å². The minimum absolute atomic E-state index is 0.159. The number of aryl methyl sites for hydroxylation is 1. The van der Waals surface area contributed by atoms with E-state index < -0.39 is 10.0 Å². The van der Waals surface area contributed by atoms with Crippen molar-refractivity contribution in [1.82, 2.24) is 9.21 Å². The molecular formula is C27H30N2O4S2. The summed E-state index contributed by atoms with van der Waals surface area (Å²) in [6.45, 7) is 3.02. The molecule has 1 fully saturated rings. The molecule has 2 aromatic carbocycles. The molecule has 1 amide bonds. The predicted octanol–water partition coefficient (Wildman–Crippen LogP) is 4.66. The van der Waals surface area contributed by atoms with E-state index in [1.165, 1.54) is 9.18 Å². The van der Waals surface area contributed by atoms with Gasteiger partial charge in [-0.2, -0.15) is 4.31 Å². The lowest BCUT2D eigenvalue weighted by atomic mass is 10.0. The number of ether oxygens (including phenoxy) is 1. The van der Waals surface area contributed by atoms with Gasteiger partial charge in [0.25, 0.3) is 0 Å². The molecule has 0 N–H and O–H groups in total. The molecule has 1 aromatic heterocycles. The quantitative estimate of drug-likeness (QED) is 0.420. The summed E-state index contributed by atoms with van der Waals surface area (Å²) in [5, 5.41) is 2.05. The Morgan fingerprint density at radius 2 is 1.83 bits per heavy atom. The van der Waals surface area contributed by atoms with Crippen molar-refractivity contribution in [3.63, 3.8) is 0 Å². The maximum atomic E-state index is 13.7. The van der Waals surface area contributed by atoms with Crippen LogP contribution < -0.4 is 4.74 Å². The Morgan fingerprint density at radius 1 is 1.09 bits per heavy atom. The van der Waals surface area contributed by atoms with E-state index in [1.807, 2.05) is 42.2 Å². The summed E-state index contributed by atoms with van der Waals surface area (Å²) < 4.78 is 34.5. The van der Waals surface area contributed by atoms with E-state index in [-0.39, 0.29) is 23.4 Å². The average Bonchev–Trinajstić information content (AvgIpc) is 3.55. The van der Waals surface area contributed by atoms with Gasteiger partial charge in [0, 0.05) is 18.0 Å². The molecule has 0 spiro atoms. The molecule has 1 saturated carbocycles. The van der Waals surface area contributed by atoms with Crippen molar-refractivity contribution in [2.45, 2.75) is 37.1 Å². The summed E-state index contributed by atoms with van der Waals surface area (Å²) in [7, 11) is -3.77. The number of para-hydroxylation sites is 1. The van der Waals surface area contributed by atoms with Crippen molar-refractivity contribution in [2.24, 2.45) is 5.92 Å². The highest BCUT2D eigenvalue weighted by Crippen LogP contribution is 2.35. The first kappa shape index (κ1) is 24.0. The molecule has 1 atom stereocenters. The maximum Gasteiger partial charge on any atom is 0.243 e. The third kappa shape index (κ3) is 5.44. The zero-order valence-corrected chi connectivity index (χ0v) is 21.4. The minimum Gasteiger partial charge on any atom is -0.491 e. The number of benzene rings is 2. The lowest BCUT2D eigenvalue weighted by molar-refractivity contribution is -0.135. The Hall–Kier alpha value is -2.68. The zero-order chi connectivity index (χ0) is 24.4. The highest BCUT2D eigenvalue weighted by atomic mass is 32.2. The van der Waals surface area contributed by atoms with Crippen molar-refractivity contribution in [3.8, 4) is 5.75 Å². The SMILES string of the molecule is Cc1ccc(S(=O)(=O)N(CC(=O)N2CCc3sccc3[C@@H]2COc2ccccc2)CC2CC2)cc1. The van der Waals surface area contributed by atoms with Gasteiger partial charge in [0.15, 0.2) is 0 Å². The van der Waals surface area contributed by atoms with Crippen LogP contribution in [0.2, 0.25) is 0 Å². The molecule has 3 aromatic rings. The Kier molecular flexibility index (Phi) is 6.95. The number of sulfonamides is 1. The number of thiophene rings is 1. The van der Waals surface area contributed by atoms with Gasteiger partial charge in [-0.3, -0.25) is 4.79 Å². The molecule has 0 unspecified atom stereocenters. The molecule has 1 aliphatic heterocycles. The summed E-state index contributed by atoms with van der Waals surface area (Å²) in [4.78, 5) is 17.0. The third-order valence-corrected chi connectivity index (χ3v) is 9.52. The number of carbonyl (C=O) groups excluding carboxylic acids is 1. The Labute approximate surface area is 211 Å². The Bertz CT molecular complexity index is 1270. The van der Waals surface area contributed by atoms with E-state index in [2.05, 4.69) is 11.4 Å². The van der Waals surface area contributed by atoms with Crippen LogP contribution in [0.25, 0.3) is 0 Å². The molecule has 35 heavy (non-hydrogen) atoms. The number of carbonyl (C=O) groups is 1. The first-order valence-electron chi connectivity index (χ1n) is 12.0. The van der Waals surface area contributed by atoms with Gasteiger partial charge in [0.2, 0.25) is 15.9 Å². The van der Waals surface area contributed by atoms with Crippen molar-refractivity contribution < 1.29 is 17.9 Å². The largest absolute Gasteiger partial charge is 0.491 e. The Balaban J connectivity index is 1.37. The number of amides is 1. The fraction of sp³-hybridized carbons (Fsp3) is 0.370. The molecule has 8 heteroatoms. The summed E-state index contributed by atoms with van der Waals surface area (Å²) in [5.74, 6) is 0.893. The van der Waals surface area contributed by atoms with E-state index in [1.54, 1.807) is 35.6 Å². The normalized spacial score (nSPS) is 17.9. The van der Waals surface area contributed by atoms with E-state index in [0.717, 1.165) is 36.1 Å². The molecule has 6 nitrogen and oxygen atoms in total. The van der Waals surface area contributed by atoms with Crippen LogP contribution in [-0.2, 0) is 21.2 Å². The van der Waals surface area contributed by atoms with Gasteiger partial charge in [-0.25, -0.2) is 8.42 Å². The van der Waals surface area contributed by atoms with E-state index in [0.29, 0.717) is 25.6 Å². The van der Waals surface area contributed by atoms with Crippen LogP contribution in [0, 0.1) is 12.8 Å². The van der Waals surface area contributed by atoms with Gasteiger partial charge in [-0.1, -0.05) is 35.9 Å². The van der Waals surface area contributed by atoms with Crippen molar-refractivity contribution in [1.29, 1.82) is 0 Å². The summed E-state index contributed by atoms with van der Waals surface area (Å²) in [5.41, 5.74) is 2.09. The number of rotatable bonds is 9. The topological polar surface area (TPSA) is 66.9 Å². The molecule has 2 heterocycles. The van der Waals surface area contributed by atoms with Crippen LogP contribution in [-0.4, -0.2) is 49.8 Å². The first-order chi connectivity index (χ1) is 16.9. The Morgan fingerprint density at radius 3 is 2.54 bits per heavy atom. The van der Waals surface area contributed by atoms with Gasteiger partial charge < -0.3 is 9.64 Å². The molecular weight excluding hydrogens is 480 g/mol. The van der Waals surface area contributed by atoms with Crippen LogP contribution in [0.5, 0.6) is 5.75 Å². The first-order valence-corrected chi connectivity index (χ1v) is 14.3. The van der Waals surface area contributed by atoms with E-state index >= 15 is 0 Å². The second-order valence-corrected chi connectivity index (χ2v) is 12.3. The fourth-order valence-electron chi connectivity index (χ4n) is 4.50. The van der Waals surface area contributed by atoms with Crippen molar-refractivity contribution >= 4 is 27.3 Å².